The maximum Gasteiger partial charge on any atom is 0.168 e. The van der Waals surface area contributed by atoms with E-state index in [1.807, 2.05) is 36.6 Å². The molecule has 0 atom stereocenters. The van der Waals surface area contributed by atoms with Gasteiger partial charge in [-0.15, -0.1) is 11.3 Å². The summed E-state index contributed by atoms with van der Waals surface area (Å²) < 4.78 is 1.17. The number of hydrogen-bond acceptors (Lipinski definition) is 2. The summed E-state index contributed by atoms with van der Waals surface area (Å²) in [6.07, 6.45) is 1.34. The Hall–Kier alpha value is -1.41. The van der Waals surface area contributed by atoms with Gasteiger partial charge in [-0.05, 0) is 12.5 Å². The highest BCUT2D eigenvalue weighted by atomic mass is 32.1. The molecule has 1 nitrogen and oxygen atoms in total. The summed E-state index contributed by atoms with van der Waals surface area (Å²) in [6.45, 7) is 5.91. The summed E-state index contributed by atoms with van der Waals surface area (Å²) in [5, 5.41) is 3.03. The monoisotopic (exact) mass is 230 g/mol. The Morgan fingerprint density at radius 2 is 2.12 bits per heavy atom. The van der Waals surface area contributed by atoms with E-state index >= 15 is 0 Å². The molecule has 0 spiro atoms. The van der Waals surface area contributed by atoms with E-state index in [0.29, 0.717) is 6.42 Å². The fourth-order valence-corrected chi connectivity index (χ4v) is 2.61. The minimum absolute atomic E-state index is 0.185. The predicted octanol–water partition coefficient (Wildman–Crippen LogP) is 4.44. The smallest absolute Gasteiger partial charge is 0.168 e. The second-order valence-corrected chi connectivity index (χ2v) is 4.76. The van der Waals surface area contributed by atoms with Gasteiger partial charge in [-0.2, -0.15) is 0 Å². The Morgan fingerprint density at radius 3 is 2.88 bits per heavy atom. The van der Waals surface area contributed by atoms with Gasteiger partial charge in [0, 0.05) is 27.5 Å². The Morgan fingerprint density at radius 1 is 1.38 bits per heavy atom. The van der Waals surface area contributed by atoms with Crippen LogP contribution in [0.15, 0.2) is 41.8 Å². The zero-order chi connectivity index (χ0) is 11.5. The van der Waals surface area contributed by atoms with Crippen LogP contribution in [0.25, 0.3) is 10.1 Å². The quantitative estimate of drug-likeness (QED) is 0.560. The molecule has 0 aliphatic rings. The van der Waals surface area contributed by atoms with Gasteiger partial charge in [0.15, 0.2) is 5.78 Å². The summed E-state index contributed by atoms with van der Waals surface area (Å²) in [5.41, 5.74) is 1.84. The van der Waals surface area contributed by atoms with Crippen LogP contribution in [0.1, 0.15) is 30.1 Å². The maximum absolute atomic E-state index is 12.0. The molecule has 0 radical (unpaired) electrons. The van der Waals surface area contributed by atoms with E-state index in [4.69, 9.17) is 0 Å². The van der Waals surface area contributed by atoms with Gasteiger partial charge in [-0.25, -0.2) is 0 Å². The SMILES string of the molecule is C=C(CC)CC(=O)c1csc2ccccc12. The summed E-state index contributed by atoms with van der Waals surface area (Å²) in [6, 6.07) is 8.03. The first-order valence-electron chi connectivity index (χ1n) is 5.38. The molecule has 2 aromatic rings. The molecule has 0 unspecified atom stereocenters. The lowest BCUT2D eigenvalue weighted by Gasteiger charge is -2.00. The van der Waals surface area contributed by atoms with Crippen LogP contribution in [0.2, 0.25) is 0 Å². The first kappa shape index (κ1) is 11.1. The van der Waals surface area contributed by atoms with Crippen LogP contribution in [0.4, 0.5) is 0 Å². The van der Waals surface area contributed by atoms with Crippen molar-refractivity contribution in [3.8, 4) is 0 Å². The van der Waals surface area contributed by atoms with Crippen molar-refractivity contribution in [1.29, 1.82) is 0 Å². The van der Waals surface area contributed by atoms with E-state index in [1.165, 1.54) is 4.70 Å². The van der Waals surface area contributed by atoms with Crippen molar-refractivity contribution in [3.05, 3.63) is 47.4 Å². The van der Waals surface area contributed by atoms with Crippen LogP contribution in [0.5, 0.6) is 0 Å². The molecule has 2 heteroatoms. The fourth-order valence-electron chi connectivity index (χ4n) is 1.64. The molecule has 0 amide bonds. The molecule has 0 N–H and O–H groups in total. The molecular formula is C14H14OS. The molecule has 0 aliphatic heterocycles. The minimum Gasteiger partial charge on any atom is -0.294 e. The number of fused-ring (bicyclic) bond motifs is 1. The van der Waals surface area contributed by atoms with Crippen LogP contribution in [0, 0.1) is 0 Å². The second-order valence-electron chi connectivity index (χ2n) is 3.85. The number of allylic oxidation sites excluding steroid dienone is 1. The van der Waals surface area contributed by atoms with Crippen molar-refractivity contribution < 1.29 is 4.79 Å². The molecule has 0 fully saturated rings. The van der Waals surface area contributed by atoms with Crippen molar-refractivity contribution in [3.63, 3.8) is 0 Å². The van der Waals surface area contributed by atoms with Crippen LogP contribution in [-0.2, 0) is 0 Å². The zero-order valence-electron chi connectivity index (χ0n) is 9.32. The summed E-state index contributed by atoms with van der Waals surface area (Å²) in [7, 11) is 0. The van der Waals surface area contributed by atoms with Crippen LogP contribution >= 0.6 is 11.3 Å². The highest BCUT2D eigenvalue weighted by molar-refractivity contribution is 7.17. The third-order valence-corrected chi connectivity index (χ3v) is 3.66. The van der Waals surface area contributed by atoms with Crippen molar-refractivity contribution in [1.82, 2.24) is 0 Å². The van der Waals surface area contributed by atoms with E-state index in [9.17, 15) is 4.79 Å². The minimum atomic E-state index is 0.185. The van der Waals surface area contributed by atoms with E-state index in [1.54, 1.807) is 11.3 Å². The van der Waals surface area contributed by atoms with Gasteiger partial charge in [-0.1, -0.05) is 37.3 Å². The molecule has 1 aromatic carbocycles. The lowest BCUT2D eigenvalue weighted by atomic mass is 10.0. The summed E-state index contributed by atoms with van der Waals surface area (Å²) >= 11 is 1.63. The third kappa shape index (κ3) is 2.07. The number of hydrogen-bond donors (Lipinski definition) is 0. The average Bonchev–Trinajstić information content (AvgIpc) is 2.72. The molecule has 1 aromatic heterocycles. The average molecular weight is 230 g/mol. The first-order valence-corrected chi connectivity index (χ1v) is 6.26. The molecule has 16 heavy (non-hydrogen) atoms. The number of Topliss-reactive ketones (excluding diaryl/α,β-unsaturated/α-hetero) is 1. The van der Waals surface area contributed by atoms with Crippen LogP contribution < -0.4 is 0 Å². The first-order chi connectivity index (χ1) is 7.72. The Kier molecular flexibility index (Phi) is 3.20. The normalized spacial score (nSPS) is 10.6. The zero-order valence-corrected chi connectivity index (χ0v) is 10.1. The van der Waals surface area contributed by atoms with Gasteiger partial charge in [0.05, 0.1) is 0 Å². The van der Waals surface area contributed by atoms with Gasteiger partial charge in [0.2, 0.25) is 0 Å². The van der Waals surface area contributed by atoms with Gasteiger partial charge in [0.25, 0.3) is 0 Å². The molecular weight excluding hydrogens is 216 g/mol. The van der Waals surface area contributed by atoms with E-state index in [-0.39, 0.29) is 5.78 Å². The lowest BCUT2D eigenvalue weighted by molar-refractivity contribution is 0.0994. The number of rotatable bonds is 4. The Labute approximate surface area is 99.4 Å². The number of carbonyl (C=O) groups excluding carboxylic acids is 1. The lowest BCUT2D eigenvalue weighted by Crippen LogP contribution is -1.98. The molecule has 1 heterocycles. The molecule has 0 saturated carbocycles. The summed E-state index contributed by atoms with van der Waals surface area (Å²) in [4.78, 5) is 12.0. The van der Waals surface area contributed by atoms with Gasteiger partial charge < -0.3 is 0 Å². The molecule has 82 valence electrons. The Balaban J connectivity index is 2.33. The molecule has 0 bridgehead atoms. The number of ketones is 1. The summed E-state index contributed by atoms with van der Waals surface area (Å²) in [5.74, 6) is 0.185. The predicted molar refractivity (Wildman–Crippen MR) is 70.2 cm³/mol. The van der Waals surface area contributed by atoms with Crippen molar-refractivity contribution >= 4 is 27.2 Å². The van der Waals surface area contributed by atoms with E-state index in [0.717, 1.165) is 22.9 Å². The fraction of sp³-hybridized carbons (Fsp3) is 0.214. The third-order valence-electron chi connectivity index (χ3n) is 2.69. The Bertz CT molecular complexity index is 536. The van der Waals surface area contributed by atoms with Crippen molar-refractivity contribution in [2.45, 2.75) is 19.8 Å². The molecule has 0 aliphatic carbocycles. The van der Waals surface area contributed by atoms with E-state index < -0.39 is 0 Å². The maximum atomic E-state index is 12.0. The number of benzene rings is 1. The number of thiophene rings is 1. The van der Waals surface area contributed by atoms with Crippen molar-refractivity contribution in [2.24, 2.45) is 0 Å². The molecule has 0 saturated heterocycles. The molecule has 2 rings (SSSR count). The standard InChI is InChI=1S/C14H14OS/c1-3-10(2)8-13(15)12-9-16-14-7-5-4-6-11(12)14/h4-7,9H,2-3,8H2,1H3. The van der Waals surface area contributed by atoms with Gasteiger partial charge in [-0.3, -0.25) is 4.79 Å². The van der Waals surface area contributed by atoms with Crippen LogP contribution in [-0.4, -0.2) is 5.78 Å². The topological polar surface area (TPSA) is 17.1 Å². The number of carbonyl (C=O) groups is 1. The van der Waals surface area contributed by atoms with Crippen molar-refractivity contribution in [2.75, 3.05) is 0 Å². The van der Waals surface area contributed by atoms with Gasteiger partial charge in [0.1, 0.15) is 0 Å². The highest BCUT2D eigenvalue weighted by Crippen LogP contribution is 2.27. The van der Waals surface area contributed by atoms with Gasteiger partial charge >= 0.3 is 0 Å². The largest absolute Gasteiger partial charge is 0.294 e. The van der Waals surface area contributed by atoms with E-state index in [2.05, 4.69) is 6.58 Å². The second kappa shape index (κ2) is 4.62. The van der Waals surface area contributed by atoms with Crippen LogP contribution in [0.3, 0.4) is 0 Å². The highest BCUT2D eigenvalue weighted by Gasteiger charge is 2.12.